The van der Waals surface area contributed by atoms with Crippen molar-refractivity contribution >= 4 is 25.9 Å². The Morgan fingerprint density at radius 3 is 2.17 bits per heavy atom. The summed E-state index contributed by atoms with van der Waals surface area (Å²) in [6.45, 7) is 2.79. The summed E-state index contributed by atoms with van der Waals surface area (Å²) in [5.41, 5.74) is 0.171. The van der Waals surface area contributed by atoms with Crippen LogP contribution >= 0.6 is 0 Å². The van der Waals surface area contributed by atoms with Crippen molar-refractivity contribution in [2.24, 2.45) is 0 Å². The topological polar surface area (TPSA) is 107 Å². The molecule has 156 valence electrons. The highest BCUT2D eigenvalue weighted by atomic mass is 32.2. The highest BCUT2D eigenvalue weighted by molar-refractivity contribution is 7.89. The number of ether oxygens (including phenoxy) is 1. The first-order valence-corrected chi connectivity index (χ1v) is 11.8. The quantitative estimate of drug-likeness (QED) is 0.480. The molecule has 10 heteroatoms. The molecular formula is C19H21NO7S2. The third kappa shape index (κ3) is 4.67. The SMILES string of the molecule is CCC(=O)c1ccccc1OS(=O)(=O)c1ccc(S(=O)(=O)N2CCOCC2)cc1. The van der Waals surface area contributed by atoms with Crippen LogP contribution in [0.2, 0.25) is 0 Å². The van der Waals surface area contributed by atoms with E-state index in [4.69, 9.17) is 8.92 Å². The van der Waals surface area contributed by atoms with E-state index in [2.05, 4.69) is 0 Å². The predicted octanol–water partition coefficient (Wildman–Crippen LogP) is 2.07. The number of sulfonamides is 1. The maximum Gasteiger partial charge on any atom is 0.339 e. The van der Waals surface area contributed by atoms with E-state index < -0.39 is 20.1 Å². The van der Waals surface area contributed by atoms with Crippen molar-refractivity contribution in [2.75, 3.05) is 26.3 Å². The minimum Gasteiger partial charge on any atom is -0.379 e. The standard InChI is InChI=1S/C19H21NO7S2/c1-2-18(21)17-5-3-4-6-19(17)27-29(24,25)16-9-7-15(8-10-16)28(22,23)20-11-13-26-14-12-20/h3-10H,2,11-14H2,1H3. The van der Waals surface area contributed by atoms with E-state index >= 15 is 0 Å². The Morgan fingerprint density at radius 2 is 1.55 bits per heavy atom. The molecule has 0 saturated carbocycles. The minimum absolute atomic E-state index is 0.0140. The fraction of sp³-hybridized carbons (Fsp3) is 0.316. The lowest BCUT2D eigenvalue weighted by atomic mass is 10.1. The van der Waals surface area contributed by atoms with Gasteiger partial charge in [0.25, 0.3) is 0 Å². The Morgan fingerprint density at radius 1 is 0.966 bits per heavy atom. The smallest absolute Gasteiger partial charge is 0.339 e. The molecule has 2 aromatic carbocycles. The molecule has 1 aliphatic heterocycles. The van der Waals surface area contributed by atoms with Gasteiger partial charge in [0.1, 0.15) is 4.90 Å². The van der Waals surface area contributed by atoms with Crippen molar-refractivity contribution in [2.45, 2.75) is 23.1 Å². The molecule has 1 aliphatic rings. The number of rotatable bonds is 7. The van der Waals surface area contributed by atoms with Gasteiger partial charge in [0.15, 0.2) is 11.5 Å². The number of para-hydroxylation sites is 1. The molecule has 0 N–H and O–H groups in total. The molecule has 1 heterocycles. The largest absolute Gasteiger partial charge is 0.379 e. The van der Waals surface area contributed by atoms with Crippen molar-refractivity contribution in [1.29, 1.82) is 0 Å². The van der Waals surface area contributed by atoms with Crippen LogP contribution in [-0.2, 0) is 24.9 Å². The first-order valence-electron chi connectivity index (χ1n) is 9.00. The van der Waals surface area contributed by atoms with Crippen molar-refractivity contribution in [3.05, 3.63) is 54.1 Å². The number of ketones is 1. The normalized spacial score (nSPS) is 15.8. The molecule has 1 fully saturated rings. The summed E-state index contributed by atoms with van der Waals surface area (Å²) in [6.07, 6.45) is 0.203. The molecule has 0 aliphatic carbocycles. The van der Waals surface area contributed by atoms with Gasteiger partial charge >= 0.3 is 10.1 Å². The molecule has 0 amide bonds. The Bertz CT molecular complexity index is 1090. The van der Waals surface area contributed by atoms with Gasteiger partial charge < -0.3 is 8.92 Å². The third-order valence-corrected chi connectivity index (χ3v) is 7.59. The second kappa shape index (κ2) is 8.62. The van der Waals surface area contributed by atoms with Gasteiger partial charge in [-0.1, -0.05) is 19.1 Å². The number of morpholine rings is 1. The van der Waals surface area contributed by atoms with Gasteiger partial charge in [-0.05, 0) is 36.4 Å². The van der Waals surface area contributed by atoms with Crippen LogP contribution in [0.25, 0.3) is 0 Å². The zero-order valence-electron chi connectivity index (χ0n) is 15.8. The molecule has 0 atom stereocenters. The fourth-order valence-corrected chi connectivity index (χ4v) is 5.20. The van der Waals surface area contributed by atoms with Gasteiger partial charge in [-0.15, -0.1) is 0 Å². The van der Waals surface area contributed by atoms with Crippen LogP contribution in [0.3, 0.4) is 0 Å². The van der Waals surface area contributed by atoms with Gasteiger partial charge in [-0.2, -0.15) is 12.7 Å². The minimum atomic E-state index is -4.25. The molecule has 0 spiro atoms. The Hall–Kier alpha value is -2.27. The number of carbonyl (C=O) groups excluding carboxylic acids is 1. The van der Waals surface area contributed by atoms with Crippen LogP contribution < -0.4 is 4.18 Å². The number of hydrogen-bond acceptors (Lipinski definition) is 7. The van der Waals surface area contributed by atoms with E-state index in [1.807, 2.05) is 0 Å². The summed E-state index contributed by atoms with van der Waals surface area (Å²) >= 11 is 0. The summed E-state index contributed by atoms with van der Waals surface area (Å²) in [6, 6.07) is 10.9. The van der Waals surface area contributed by atoms with E-state index in [1.54, 1.807) is 19.1 Å². The van der Waals surface area contributed by atoms with Crippen molar-refractivity contribution in [3.63, 3.8) is 0 Å². The van der Waals surface area contributed by atoms with Crippen LogP contribution in [0.15, 0.2) is 58.3 Å². The van der Waals surface area contributed by atoms with Gasteiger partial charge in [0.2, 0.25) is 10.0 Å². The summed E-state index contributed by atoms with van der Waals surface area (Å²) in [5, 5.41) is 0. The molecular weight excluding hydrogens is 418 g/mol. The second-order valence-corrected chi connectivity index (χ2v) is 9.78. The summed E-state index contributed by atoms with van der Waals surface area (Å²) in [7, 11) is -7.98. The number of nitrogens with zero attached hydrogens (tertiary/aromatic N) is 1. The molecule has 0 radical (unpaired) electrons. The molecule has 1 saturated heterocycles. The van der Waals surface area contributed by atoms with Gasteiger partial charge in [-0.3, -0.25) is 4.79 Å². The first kappa shape index (κ1) is 21.4. The highest BCUT2D eigenvalue weighted by Crippen LogP contribution is 2.25. The Kier molecular flexibility index (Phi) is 6.37. The second-order valence-electron chi connectivity index (χ2n) is 6.30. The molecule has 2 aromatic rings. The van der Waals surface area contributed by atoms with Crippen LogP contribution in [0.1, 0.15) is 23.7 Å². The van der Waals surface area contributed by atoms with Crippen molar-refractivity contribution < 1.29 is 30.6 Å². The molecule has 0 aromatic heterocycles. The van der Waals surface area contributed by atoms with Gasteiger partial charge in [0, 0.05) is 19.5 Å². The maximum atomic E-state index is 12.6. The van der Waals surface area contributed by atoms with Crippen LogP contribution in [0.5, 0.6) is 5.75 Å². The van der Waals surface area contributed by atoms with Crippen LogP contribution in [0.4, 0.5) is 0 Å². The fourth-order valence-electron chi connectivity index (χ4n) is 2.84. The third-order valence-electron chi connectivity index (χ3n) is 4.43. The van der Waals surface area contributed by atoms with Crippen LogP contribution in [-0.4, -0.2) is 53.2 Å². The van der Waals surface area contributed by atoms with E-state index in [9.17, 15) is 21.6 Å². The monoisotopic (exact) mass is 439 g/mol. The average molecular weight is 440 g/mol. The molecule has 29 heavy (non-hydrogen) atoms. The van der Waals surface area contributed by atoms with Crippen LogP contribution in [0, 0.1) is 0 Å². The Balaban J connectivity index is 1.85. The highest BCUT2D eigenvalue weighted by Gasteiger charge is 2.27. The summed E-state index contributed by atoms with van der Waals surface area (Å²) < 4.78 is 62.1. The zero-order chi connectivity index (χ0) is 21.1. The molecule has 0 unspecified atom stereocenters. The summed E-state index contributed by atoms with van der Waals surface area (Å²) in [5.74, 6) is -0.313. The average Bonchev–Trinajstić information content (AvgIpc) is 2.74. The maximum absolute atomic E-state index is 12.6. The lowest BCUT2D eigenvalue weighted by Gasteiger charge is -2.26. The lowest BCUT2D eigenvalue weighted by Crippen LogP contribution is -2.40. The first-order chi connectivity index (χ1) is 13.8. The Labute approximate surface area is 170 Å². The molecule has 3 rings (SSSR count). The van der Waals surface area contributed by atoms with E-state index in [-0.39, 0.29) is 46.4 Å². The van der Waals surface area contributed by atoms with Crippen molar-refractivity contribution in [1.82, 2.24) is 4.31 Å². The molecule has 0 bridgehead atoms. The zero-order valence-corrected chi connectivity index (χ0v) is 17.4. The number of Topliss-reactive ketones (excluding diaryl/α,β-unsaturated/α-hetero) is 1. The van der Waals surface area contributed by atoms with Crippen molar-refractivity contribution in [3.8, 4) is 5.75 Å². The molecule has 8 nitrogen and oxygen atoms in total. The lowest BCUT2D eigenvalue weighted by molar-refractivity contribution is 0.0730. The number of benzene rings is 2. The van der Waals surface area contributed by atoms with Gasteiger partial charge in [0.05, 0.1) is 23.7 Å². The number of hydrogen-bond donors (Lipinski definition) is 0. The summed E-state index contributed by atoms with van der Waals surface area (Å²) in [4.78, 5) is 11.8. The number of carbonyl (C=O) groups is 1. The van der Waals surface area contributed by atoms with E-state index in [0.717, 1.165) is 0 Å². The van der Waals surface area contributed by atoms with E-state index in [1.165, 1.54) is 40.7 Å². The predicted molar refractivity (Wildman–Crippen MR) is 105 cm³/mol. The van der Waals surface area contributed by atoms with Gasteiger partial charge in [-0.25, -0.2) is 8.42 Å². The van der Waals surface area contributed by atoms with E-state index in [0.29, 0.717) is 13.2 Å².